The van der Waals surface area contributed by atoms with E-state index in [0.29, 0.717) is 0 Å². The Morgan fingerprint density at radius 1 is 1.21 bits per heavy atom. The standard InChI is InChI=1S/C16H23NO2/c1-3-5-12-17-16(18)11-8-14-6-9-15(10-7-14)19-13-4-2/h6-11H,3-5,12-13H2,1-2H3,(H,17,18)/b11-8+. The van der Waals surface area contributed by atoms with E-state index in [9.17, 15) is 4.79 Å². The summed E-state index contributed by atoms with van der Waals surface area (Å²) in [6.45, 7) is 5.65. The Hall–Kier alpha value is -1.77. The minimum atomic E-state index is -0.0419. The van der Waals surface area contributed by atoms with Gasteiger partial charge >= 0.3 is 0 Å². The Morgan fingerprint density at radius 2 is 1.95 bits per heavy atom. The summed E-state index contributed by atoms with van der Waals surface area (Å²) in [5.41, 5.74) is 0.995. The maximum atomic E-state index is 11.5. The highest BCUT2D eigenvalue weighted by Crippen LogP contribution is 2.13. The molecule has 0 atom stereocenters. The molecule has 0 aliphatic rings. The van der Waals surface area contributed by atoms with Gasteiger partial charge in [-0.2, -0.15) is 0 Å². The van der Waals surface area contributed by atoms with Crippen LogP contribution in [0.15, 0.2) is 30.3 Å². The van der Waals surface area contributed by atoms with Crippen LogP contribution in [-0.2, 0) is 4.79 Å². The third-order valence-electron chi connectivity index (χ3n) is 2.61. The fourth-order valence-corrected chi connectivity index (χ4v) is 1.51. The van der Waals surface area contributed by atoms with Gasteiger partial charge in [-0.15, -0.1) is 0 Å². The number of ether oxygens (including phenoxy) is 1. The van der Waals surface area contributed by atoms with Crippen LogP contribution in [0.1, 0.15) is 38.7 Å². The minimum absolute atomic E-state index is 0.0419. The van der Waals surface area contributed by atoms with E-state index >= 15 is 0 Å². The van der Waals surface area contributed by atoms with Gasteiger partial charge in [-0.25, -0.2) is 0 Å². The van der Waals surface area contributed by atoms with Crippen molar-refractivity contribution in [1.82, 2.24) is 5.32 Å². The summed E-state index contributed by atoms with van der Waals surface area (Å²) in [5, 5.41) is 2.84. The SMILES string of the molecule is CCCCNC(=O)/C=C/c1ccc(OCCC)cc1. The lowest BCUT2D eigenvalue weighted by atomic mass is 10.2. The molecule has 3 nitrogen and oxygen atoms in total. The number of unbranched alkanes of at least 4 members (excludes halogenated alkanes) is 1. The van der Waals surface area contributed by atoms with Crippen LogP contribution < -0.4 is 10.1 Å². The molecule has 0 bridgehead atoms. The third-order valence-corrected chi connectivity index (χ3v) is 2.61. The lowest BCUT2D eigenvalue weighted by Crippen LogP contribution is -2.21. The van der Waals surface area contributed by atoms with Gasteiger partial charge in [0.25, 0.3) is 0 Å². The molecule has 1 aromatic rings. The largest absolute Gasteiger partial charge is 0.494 e. The summed E-state index contributed by atoms with van der Waals surface area (Å²) in [6, 6.07) is 7.73. The summed E-state index contributed by atoms with van der Waals surface area (Å²) in [5.74, 6) is 0.825. The number of hydrogen-bond donors (Lipinski definition) is 1. The van der Waals surface area contributed by atoms with Gasteiger partial charge in [0.15, 0.2) is 0 Å². The monoisotopic (exact) mass is 261 g/mol. The molecule has 0 fully saturated rings. The Morgan fingerprint density at radius 3 is 2.58 bits per heavy atom. The number of nitrogens with one attached hydrogen (secondary N) is 1. The molecule has 19 heavy (non-hydrogen) atoms. The van der Waals surface area contributed by atoms with Crippen LogP contribution in [0.3, 0.4) is 0 Å². The van der Waals surface area contributed by atoms with Crippen molar-refractivity contribution in [3.8, 4) is 5.75 Å². The molecule has 1 N–H and O–H groups in total. The smallest absolute Gasteiger partial charge is 0.243 e. The van der Waals surface area contributed by atoms with Crippen LogP contribution in [0.5, 0.6) is 5.75 Å². The highest BCUT2D eigenvalue weighted by molar-refractivity contribution is 5.91. The average molecular weight is 261 g/mol. The topological polar surface area (TPSA) is 38.3 Å². The fourth-order valence-electron chi connectivity index (χ4n) is 1.51. The maximum Gasteiger partial charge on any atom is 0.243 e. The number of hydrogen-bond acceptors (Lipinski definition) is 2. The van der Waals surface area contributed by atoms with Crippen molar-refractivity contribution in [2.45, 2.75) is 33.1 Å². The van der Waals surface area contributed by atoms with Gasteiger partial charge in [0.1, 0.15) is 5.75 Å². The van der Waals surface area contributed by atoms with Gasteiger partial charge in [-0.1, -0.05) is 32.4 Å². The van der Waals surface area contributed by atoms with Crippen LogP contribution in [0, 0.1) is 0 Å². The zero-order chi connectivity index (χ0) is 13.9. The zero-order valence-electron chi connectivity index (χ0n) is 11.8. The molecule has 0 spiro atoms. The molecule has 1 amide bonds. The van der Waals surface area contributed by atoms with Crippen LogP contribution in [-0.4, -0.2) is 19.1 Å². The predicted octanol–water partition coefficient (Wildman–Crippen LogP) is 3.40. The van der Waals surface area contributed by atoms with E-state index < -0.39 is 0 Å². The zero-order valence-corrected chi connectivity index (χ0v) is 11.8. The number of benzene rings is 1. The Labute approximate surface area is 115 Å². The second-order valence-corrected chi connectivity index (χ2v) is 4.40. The summed E-state index contributed by atoms with van der Waals surface area (Å²) in [7, 11) is 0. The van der Waals surface area contributed by atoms with E-state index in [1.54, 1.807) is 6.08 Å². The Bertz CT molecular complexity index is 396. The predicted molar refractivity (Wildman–Crippen MR) is 79.2 cm³/mol. The highest BCUT2D eigenvalue weighted by atomic mass is 16.5. The van der Waals surface area contributed by atoms with Crippen molar-refractivity contribution in [3.63, 3.8) is 0 Å². The fraction of sp³-hybridized carbons (Fsp3) is 0.438. The van der Waals surface area contributed by atoms with Crippen molar-refractivity contribution in [2.24, 2.45) is 0 Å². The first-order chi connectivity index (χ1) is 9.26. The van der Waals surface area contributed by atoms with E-state index in [1.165, 1.54) is 0 Å². The molecule has 1 aromatic carbocycles. The molecular weight excluding hydrogens is 238 g/mol. The second kappa shape index (κ2) is 9.20. The third kappa shape index (κ3) is 6.65. The van der Waals surface area contributed by atoms with E-state index in [0.717, 1.165) is 43.7 Å². The molecule has 0 heterocycles. The molecule has 3 heteroatoms. The van der Waals surface area contributed by atoms with Crippen molar-refractivity contribution >= 4 is 12.0 Å². The second-order valence-electron chi connectivity index (χ2n) is 4.40. The average Bonchev–Trinajstić information content (AvgIpc) is 2.44. The molecule has 0 radical (unpaired) electrons. The first kappa shape index (κ1) is 15.3. The van der Waals surface area contributed by atoms with Crippen LogP contribution in [0.25, 0.3) is 6.08 Å². The van der Waals surface area contributed by atoms with E-state index in [-0.39, 0.29) is 5.91 Å². The van der Waals surface area contributed by atoms with Gasteiger partial charge in [0.05, 0.1) is 6.61 Å². The van der Waals surface area contributed by atoms with E-state index in [4.69, 9.17) is 4.74 Å². The molecule has 0 unspecified atom stereocenters. The lowest BCUT2D eigenvalue weighted by molar-refractivity contribution is -0.116. The Kier molecular flexibility index (Phi) is 7.40. The summed E-state index contributed by atoms with van der Waals surface area (Å²) >= 11 is 0. The summed E-state index contributed by atoms with van der Waals surface area (Å²) < 4.78 is 5.50. The molecule has 0 aliphatic carbocycles. The lowest BCUT2D eigenvalue weighted by Gasteiger charge is -2.04. The van der Waals surface area contributed by atoms with Gasteiger partial charge < -0.3 is 10.1 Å². The normalized spacial score (nSPS) is 10.6. The van der Waals surface area contributed by atoms with Gasteiger partial charge in [-0.05, 0) is 36.6 Å². The Balaban J connectivity index is 2.41. The molecule has 1 rings (SSSR count). The summed E-state index contributed by atoms with van der Waals surface area (Å²) in [4.78, 5) is 11.5. The number of carbonyl (C=O) groups excluding carboxylic acids is 1. The highest BCUT2D eigenvalue weighted by Gasteiger charge is 1.95. The molecule has 0 aromatic heterocycles. The van der Waals surface area contributed by atoms with Crippen LogP contribution in [0.2, 0.25) is 0 Å². The molecule has 104 valence electrons. The van der Waals surface area contributed by atoms with Crippen molar-refractivity contribution in [3.05, 3.63) is 35.9 Å². The van der Waals surface area contributed by atoms with E-state index in [2.05, 4.69) is 19.2 Å². The summed E-state index contributed by atoms with van der Waals surface area (Å²) in [6.07, 6.45) is 6.48. The number of carbonyl (C=O) groups is 1. The van der Waals surface area contributed by atoms with E-state index in [1.807, 2.05) is 30.3 Å². The van der Waals surface area contributed by atoms with Crippen LogP contribution >= 0.6 is 0 Å². The van der Waals surface area contributed by atoms with Gasteiger partial charge in [-0.3, -0.25) is 4.79 Å². The molecule has 0 saturated heterocycles. The maximum absolute atomic E-state index is 11.5. The van der Waals surface area contributed by atoms with Gasteiger partial charge in [0.2, 0.25) is 5.91 Å². The van der Waals surface area contributed by atoms with Crippen molar-refractivity contribution in [1.29, 1.82) is 0 Å². The first-order valence-corrected chi connectivity index (χ1v) is 6.95. The number of amides is 1. The van der Waals surface area contributed by atoms with Crippen molar-refractivity contribution < 1.29 is 9.53 Å². The number of rotatable bonds is 8. The van der Waals surface area contributed by atoms with Gasteiger partial charge in [0, 0.05) is 12.6 Å². The minimum Gasteiger partial charge on any atom is -0.494 e. The first-order valence-electron chi connectivity index (χ1n) is 6.95. The molecule has 0 saturated carbocycles. The van der Waals surface area contributed by atoms with Crippen molar-refractivity contribution in [2.75, 3.05) is 13.2 Å². The molecule has 0 aliphatic heterocycles. The molecular formula is C16H23NO2. The van der Waals surface area contributed by atoms with Crippen LogP contribution in [0.4, 0.5) is 0 Å². The quantitative estimate of drug-likeness (QED) is 0.575.